The molecule has 1 heterocycles. The Hall–Kier alpha value is -9.33. The Kier molecular flexibility index (Phi) is 27.6. The molecule has 0 amide bonds. The average Bonchev–Trinajstić information content (AvgIpc) is 1.75. The molecule has 1 aliphatic heterocycles. The highest BCUT2D eigenvalue weighted by molar-refractivity contribution is 8.03. The summed E-state index contributed by atoms with van der Waals surface area (Å²) in [6.07, 6.45) is 2.90. The van der Waals surface area contributed by atoms with Crippen molar-refractivity contribution in [3.8, 4) is 35.1 Å². The van der Waals surface area contributed by atoms with Crippen LogP contribution in [0.15, 0.2) is 101 Å². The molecule has 2 fully saturated rings. The first-order valence-corrected chi connectivity index (χ1v) is 30.2. The maximum Gasteiger partial charge on any atom is 0.330 e. The van der Waals surface area contributed by atoms with Crippen LogP contribution in [-0.4, -0.2) is 111 Å². The Labute approximate surface area is 524 Å². The minimum Gasteiger partial charge on any atom is -0.465 e. The van der Waals surface area contributed by atoms with E-state index in [2.05, 4.69) is 18.5 Å². The summed E-state index contributed by atoms with van der Waals surface area (Å²) in [6.45, 7) is 11.5. The van der Waals surface area contributed by atoms with E-state index in [0.29, 0.717) is 80.6 Å². The third kappa shape index (κ3) is 22.7. The van der Waals surface area contributed by atoms with E-state index in [4.69, 9.17) is 52.1 Å². The lowest BCUT2D eigenvalue weighted by molar-refractivity contribution is -0.156. The second-order valence-electron chi connectivity index (χ2n) is 21.4. The molecule has 2 aliphatic carbocycles. The molecular weight excluding hydrogens is 1190 g/mol. The maximum absolute atomic E-state index is 13.7. The summed E-state index contributed by atoms with van der Waals surface area (Å²) >= 11 is 0.972. The van der Waals surface area contributed by atoms with E-state index >= 15 is 0 Å². The number of fused-ring (bicyclic) bond motifs is 1. The van der Waals surface area contributed by atoms with Gasteiger partial charge in [-0.1, -0.05) is 49.2 Å². The summed E-state index contributed by atoms with van der Waals surface area (Å²) in [5.41, 5.74) is 1.58. The summed E-state index contributed by atoms with van der Waals surface area (Å²) in [4.78, 5) is 125. The van der Waals surface area contributed by atoms with Crippen molar-refractivity contribution in [3.05, 3.63) is 108 Å². The minimum atomic E-state index is -0.676. The van der Waals surface area contributed by atoms with Gasteiger partial charge in [0.25, 0.3) is 0 Å². The third-order valence-electron chi connectivity index (χ3n) is 14.3. The lowest BCUT2D eigenvalue weighted by Gasteiger charge is -2.26. The zero-order valence-electron chi connectivity index (χ0n) is 50.2. The zero-order valence-corrected chi connectivity index (χ0v) is 51.0. The van der Waals surface area contributed by atoms with Gasteiger partial charge < -0.3 is 57.4 Å². The van der Waals surface area contributed by atoms with Gasteiger partial charge in [0.2, 0.25) is 0 Å². The first kappa shape index (κ1) is 69.8. The number of hydrogen-bond acceptors (Lipinski definition) is 25. The molecule has 3 atom stereocenters. The molecule has 0 radical (unpaired) electrons. The van der Waals surface area contributed by atoms with Crippen molar-refractivity contribution >= 4 is 77.1 Å². The van der Waals surface area contributed by atoms with Crippen LogP contribution in [0.1, 0.15) is 109 Å². The van der Waals surface area contributed by atoms with Crippen molar-refractivity contribution in [2.24, 2.45) is 23.7 Å². The van der Waals surface area contributed by atoms with Gasteiger partial charge >= 0.3 is 59.7 Å². The number of rotatable bonds is 31. The van der Waals surface area contributed by atoms with Gasteiger partial charge in [0.05, 0.1) is 80.7 Å². The average molecular weight is 1260 g/mol. The van der Waals surface area contributed by atoms with E-state index in [9.17, 15) is 58.5 Å². The van der Waals surface area contributed by atoms with Crippen LogP contribution in [-0.2, 0) is 93.9 Å². The quantitative estimate of drug-likeness (QED) is 0.0207. The van der Waals surface area contributed by atoms with Gasteiger partial charge in [-0.2, -0.15) is 10.5 Å². The largest absolute Gasteiger partial charge is 0.465 e. The normalized spacial score (nSPS) is 17.4. The Bertz CT molecular complexity index is 3210. The van der Waals surface area contributed by atoms with E-state index in [1.807, 2.05) is 12.1 Å². The van der Waals surface area contributed by atoms with Crippen molar-refractivity contribution in [1.29, 1.82) is 10.5 Å². The van der Waals surface area contributed by atoms with Gasteiger partial charge in [-0.15, -0.1) is 0 Å². The highest BCUT2D eigenvalue weighted by Crippen LogP contribution is 2.52. The number of thioether (sulfide) groups is 1. The fraction of sp³-hybridized carbons (Fsp3) is 0.446. The SMILES string of the molecule is C=CC(=O)OC(C)COCC(C)OC(=O)CCC(=O)OCCc1ccc(OC(=O)[C@H]2CC[C@H](C(=O)Oc3ccc(OC(=O)[C@H]4CC[C@H](C(=O)Oc5ccc(CCOC(=O)CCC(=O)OCC(C)OC(=O)C=C)cc5)CC4)c4c3NC(=C(C#N)C#N)S4)CC2)cc1. The number of carbonyl (C=O) groups is 10. The standard InChI is InChI=1S/C65H71N3O21S/c1-6-53(69)83-39(3)36-79-37-40(4)85-58(74)29-28-56(72)81-33-31-43-10-22-49(23-11-43)86-62(75)44-12-16-46(17-13-44)64(77)88-51-24-25-52(60-59(51)68-61(90-60)48(34-66)35-67)89-65(78)47-18-14-45(15-19-47)63(76)87-50-20-8-42(9-21-50)30-32-80-55(71)26-27-57(73)82-38-41(5)84-54(70)7-2/h6-11,20-25,39-41,44-47,68H,1-2,12-19,26-33,36-38H2,3-5H3/t39?,40?,41?,44-,45-,46-,47-. The van der Waals surface area contributed by atoms with Crippen LogP contribution in [0.2, 0.25) is 0 Å². The van der Waals surface area contributed by atoms with E-state index in [-0.39, 0.29) is 86.5 Å². The summed E-state index contributed by atoms with van der Waals surface area (Å²) < 4.78 is 59.3. The van der Waals surface area contributed by atoms with Crippen LogP contribution < -0.4 is 24.3 Å². The van der Waals surface area contributed by atoms with Gasteiger partial charge in [0.1, 0.15) is 65.0 Å². The highest BCUT2D eigenvalue weighted by Gasteiger charge is 2.37. The number of allylic oxidation sites excluding steroid dienone is 1. The maximum atomic E-state index is 13.7. The fourth-order valence-corrected chi connectivity index (χ4v) is 10.5. The molecule has 478 valence electrons. The second-order valence-corrected chi connectivity index (χ2v) is 22.4. The number of benzene rings is 3. The van der Waals surface area contributed by atoms with E-state index in [0.717, 1.165) is 35.0 Å². The van der Waals surface area contributed by atoms with Crippen LogP contribution >= 0.6 is 11.8 Å². The molecule has 90 heavy (non-hydrogen) atoms. The Morgan fingerprint density at radius 1 is 0.511 bits per heavy atom. The van der Waals surface area contributed by atoms with Gasteiger partial charge in [0, 0.05) is 25.0 Å². The van der Waals surface area contributed by atoms with E-state index < -0.39 is 102 Å². The number of nitriles is 2. The lowest BCUT2D eigenvalue weighted by Crippen LogP contribution is -2.30. The Morgan fingerprint density at radius 2 is 0.889 bits per heavy atom. The first-order chi connectivity index (χ1) is 43.2. The topological polar surface area (TPSA) is 332 Å². The first-order valence-electron chi connectivity index (χ1n) is 29.4. The smallest absolute Gasteiger partial charge is 0.330 e. The third-order valence-corrected chi connectivity index (χ3v) is 15.4. The molecule has 1 N–H and O–H groups in total. The number of hydrogen-bond donors (Lipinski definition) is 1. The molecular formula is C65H71N3O21S. The molecule has 25 heteroatoms. The molecule has 3 aromatic rings. The van der Waals surface area contributed by atoms with Gasteiger partial charge in [-0.3, -0.25) is 38.4 Å². The van der Waals surface area contributed by atoms with Crippen LogP contribution in [0.25, 0.3) is 0 Å². The van der Waals surface area contributed by atoms with Gasteiger partial charge in [-0.25, -0.2) is 9.59 Å². The predicted octanol–water partition coefficient (Wildman–Crippen LogP) is 8.56. The molecule has 0 bridgehead atoms. The number of carbonyl (C=O) groups excluding carboxylic acids is 10. The second kappa shape index (κ2) is 35.6. The number of anilines is 1. The molecule has 0 saturated heterocycles. The van der Waals surface area contributed by atoms with Crippen LogP contribution in [0.4, 0.5) is 5.69 Å². The van der Waals surface area contributed by atoms with Crippen LogP contribution in [0.5, 0.6) is 23.0 Å². The monoisotopic (exact) mass is 1260 g/mol. The number of ether oxygens (including phenoxy) is 11. The van der Waals surface area contributed by atoms with Crippen molar-refractivity contribution in [2.45, 2.75) is 134 Å². The molecule has 24 nitrogen and oxygen atoms in total. The molecule has 0 aromatic heterocycles. The Morgan fingerprint density at radius 3 is 1.32 bits per heavy atom. The number of esters is 10. The highest BCUT2D eigenvalue weighted by atomic mass is 32.2. The number of nitrogens with one attached hydrogen (secondary N) is 1. The molecule has 2 saturated carbocycles. The van der Waals surface area contributed by atoms with Crippen molar-refractivity contribution in [3.63, 3.8) is 0 Å². The summed E-state index contributed by atoms with van der Waals surface area (Å²) in [7, 11) is 0. The van der Waals surface area contributed by atoms with Crippen molar-refractivity contribution < 1.29 is 100 Å². The number of nitrogens with zero attached hydrogens (tertiary/aromatic N) is 2. The summed E-state index contributed by atoms with van der Waals surface area (Å²) in [5, 5.41) is 22.5. The van der Waals surface area contributed by atoms with Gasteiger partial charge in [-0.05, 0) is 120 Å². The fourth-order valence-electron chi connectivity index (χ4n) is 9.45. The summed E-state index contributed by atoms with van der Waals surface area (Å²) in [5.74, 6) is -6.97. The van der Waals surface area contributed by atoms with E-state index in [1.54, 1.807) is 69.3 Å². The van der Waals surface area contributed by atoms with Crippen LogP contribution in [0, 0.1) is 46.3 Å². The minimum absolute atomic E-state index is 0.0454. The van der Waals surface area contributed by atoms with Crippen molar-refractivity contribution in [1.82, 2.24) is 0 Å². The molecule has 0 spiro atoms. The Balaban J connectivity index is 0.885. The van der Waals surface area contributed by atoms with Gasteiger partial charge in [0.15, 0.2) is 11.3 Å². The van der Waals surface area contributed by atoms with Crippen molar-refractivity contribution in [2.75, 3.05) is 38.4 Å². The van der Waals surface area contributed by atoms with E-state index in [1.165, 1.54) is 12.1 Å². The predicted molar refractivity (Wildman–Crippen MR) is 317 cm³/mol. The summed E-state index contributed by atoms with van der Waals surface area (Å²) in [6, 6.07) is 20.0. The zero-order chi connectivity index (χ0) is 65.1. The van der Waals surface area contributed by atoms with Crippen LogP contribution in [0.3, 0.4) is 0 Å². The molecule has 3 aromatic carbocycles. The lowest BCUT2D eigenvalue weighted by atomic mass is 9.82. The molecule has 3 unspecified atom stereocenters. The molecule has 3 aliphatic rings. The molecule has 6 rings (SSSR count).